The lowest BCUT2D eigenvalue weighted by atomic mass is 10.1. The fourth-order valence-corrected chi connectivity index (χ4v) is 2.55. The van der Waals surface area contributed by atoms with E-state index in [1.54, 1.807) is 24.3 Å². The van der Waals surface area contributed by atoms with Crippen molar-refractivity contribution in [1.29, 1.82) is 5.26 Å². The van der Waals surface area contributed by atoms with Gasteiger partial charge in [0.05, 0.1) is 16.6 Å². The molecule has 0 bridgehead atoms. The lowest BCUT2D eigenvalue weighted by molar-refractivity contribution is -0.384. The minimum atomic E-state index is -0.476. The van der Waals surface area contributed by atoms with Gasteiger partial charge in [-0.1, -0.05) is 28.1 Å². The number of rotatable bonds is 4. The molecule has 0 aliphatic carbocycles. The van der Waals surface area contributed by atoms with Crippen molar-refractivity contribution in [2.75, 3.05) is 0 Å². The summed E-state index contributed by atoms with van der Waals surface area (Å²) in [6.07, 6.45) is 1.61. The molecule has 0 N–H and O–H groups in total. The third-order valence-electron chi connectivity index (χ3n) is 3.55. The van der Waals surface area contributed by atoms with Crippen molar-refractivity contribution < 1.29 is 9.34 Å². The summed E-state index contributed by atoms with van der Waals surface area (Å²) in [5.74, 6) is 1.23. The molecule has 0 radical (unpaired) electrons. The number of halogens is 1. The Morgan fingerprint density at radius 2 is 1.76 bits per heavy atom. The Balaban J connectivity index is 1.89. The molecule has 0 fully saturated rings. The normalized spacial score (nSPS) is 11.1. The second-order valence-corrected chi connectivity index (χ2v) is 6.10. The molecule has 3 rings (SSSR count). The van der Waals surface area contributed by atoms with Gasteiger partial charge in [-0.3, -0.25) is 10.1 Å². The summed E-state index contributed by atoms with van der Waals surface area (Å²) in [6, 6.07) is 19.2. The van der Waals surface area contributed by atoms with E-state index in [1.165, 1.54) is 12.1 Å². The van der Waals surface area contributed by atoms with E-state index in [1.807, 2.05) is 30.3 Å². The summed E-state index contributed by atoms with van der Waals surface area (Å²) >= 11 is 3.39. The van der Waals surface area contributed by atoms with Gasteiger partial charge >= 0.3 is 0 Å². The average Bonchev–Trinajstić information content (AvgIpc) is 3.09. The molecule has 0 aliphatic rings. The third kappa shape index (κ3) is 3.84. The highest BCUT2D eigenvalue weighted by Crippen LogP contribution is 2.26. The number of nitro groups is 1. The largest absolute Gasteiger partial charge is 0.457 e. The summed E-state index contributed by atoms with van der Waals surface area (Å²) in [4.78, 5) is 10.2. The zero-order valence-corrected chi connectivity index (χ0v) is 14.4. The molecule has 2 aromatic carbocycles. The Morgan fingerprint density at radius 1 is 1.08 bits per heavy atom. The molecule has 3 aromatic rings. The minimum Gasteiger partial charge on any atom is -0.457 e. The van der Waals surface area contributed by atoms with Crippen molar-refractivity contribution in [2.45, 2.75) is 0 Å². The predicted molar refractivity (Wildman–Crippen MR) is 98.4 cm³/mol. The van der Waals surface area contributed by atoms with Crippen LogP contribution < -0.4 is 0 Å². The van der Waals surface area contributed by atoms with Crippen LogP contribution in [0.15, 0.2) is 69.6 Å². The van der Waals surface area contributed by atoms with Gasteiger partial charge in [-0.15, -0.1) is 0 Å². The van der Waals surface area contributed by atoms with E-state index in [2.05, 4.69) is 22.0 Å². The molecular weight excluding hydrogens is 384 g/mol. The number of nitriles is 1. The van der Waals surface area contributed by atoms with Gasteiger partial charge in [0, 0.05) is 22.2 Å². The Kier molecular flexibility index (Phi) is 4.78. The molecule has 0 atom stereocenters. The highest BCUT2D eigenvalue weighted by atomic mass is 79.9. The van der Waals surface area contributed by atoms with Gasteiger partial charge in [-0.05, 0) is 48.0 Å². The summed E-state index contributed by atoms with van der Waals surface area (Å²) in [7, 11) is 0. The first-order valence-electron chi connectivity index (χ1n) is 7.29. The molecule has 0 spiro atoms. The SMILES string of the molecule is N#C/C(=C\c1ccc(-c2ccc(Br)cc2)o1)c1ccc([N+](=O)[O-])cc1. The second-order valence-electron chi connectivity index (χ2n) is 5.18. The molecule has 0 saturated heterocycles. The Morgan fingerprint density at radius 3 is 2.36 bits per heavy atom. The van der Waals surface area contributed by atoms with Gasteiger partial charge in [-0.25, -0.2) is 0 Å². The Bertz CT molecular complexity index is 981. The quantitative estimate of drug-likeness (QED) is 0.323. The minimum absolute atomic E-state index is 0.0171. The lowest BCUT2D eigenvalue weighted by Gasteiger charge is -1.99. The van der Waals surface area contributed by atoms with Gasteiger partial charge in [0.2, 0.25) is 0 Å². The fraction of sp³-hybridized carbons (Fsp3) is 0. The average molecular weight is 395 g/mol. The molecule has 25 heavy (non-hydrogen) atoms. The second kappa shape index (κ2) is 7.16. The van der Waals surface area contributed by atoms with Gasteiger partial charge < -0.3 is 4.42 Å². The van der Waals surface area contributed by atoms with E-state index in [-0.39, 0.29) is 5.69 Å². The Labute approximate surface area is 152 Å². The maximum atomic E-state index is 10.7. The van der Waals surface area contributed by atoms with Crippen LogP contribution in [0.3, 0.4) is 0 Å². The summed E-state index contributed by atoms with van der Waals surface area (Å²) < 4.78 is 6.75. The number of furan rings is 1. The number of non-ortho nitro benzene ring substituents is 1. The maximum absolute atomic E-state index is 10.7. The standard InChI is InChI=1S/C19H11BrN2O3/c20-16-5-1-14(2-6-16)19-10-9-18(25-19)11-15(12-21)13-3-7-17(8-4-13)22(23)24/h1-11H/b15-11+. The highest BCUT2D eigenvalue weighted by molar-refractivity contribution is 9.10. The lowest BCUT2D eigenvalue weighted by Crippen LogP contribution is -1.88. The molecule has 1 heterocycles. The number of hydrogen-bond acceptors (Lipinski definition) is 4. The van der Waals surface area contributed by atoms with Crippen LogP contribution in [0.4, 0.5) is 5.69 Å². The topological polar surface area (TPSA) is 80.1 Å². The van der Waals surface area contributed by atoms with Crippen LogP contribution in [0.25, 0.3) is 23.0 Å². The number of allylic oxidation sites excluding steroid dienone is 1. The molecule has 0 aliphatic heterocycles. The molecule has 0 amide bonds. The van der Waals surface area contributed by atoms with Crippen molar-refractivity contribution in [3.05, 3.63) is 86.6 Å². The van der Waals surface area contributed by atoms with E-state index in [4.69, 9.17) is 4.42 Å². The van der Waals surface area contributed by atoms with Crippen LogP contribution in [0.1, 0.15) is 11.3 Å². The molecule has 5 nitrogen and oxygen atoms in total. The monoisotopic (exact) mass is 394 g/mol. The zero-order chi connectivity index (χ0) is 17.8. The first kappa shape index (κ1) is 16.7. The molecule has 0 saturated carbocycles. The van der Waals surface area contributed by atoms with Gasteiger partial charge in [0.1, 0.15) is 11.5 Å². The molecular formula is C19H11BrN2O3. The third-order valence-corrected chi connectivity index (χ3v) is 4.08. The van der Waals surface area contributed by atoms with Crippen LogP contribution in [0.2, 0.25) is 0 Å². The zero-order valence-electron chi connectivity index (χ0n) is 12.8. The van der Waals surface area contributed by atoms with Crippen LogP contribution in [0, 0.1) is 21.4 Å². The van der Waals surface area contributed by atoms with Crippen molar-refractivity contribution in [1.82, 2.24) is 0 Å². The van der Waals surface area contributed by atoms with E-state index < -0.39 is 4.92 Å². The van der Waals surface area contributed by atoms with Crippen molar-refractivity contribution >= 4 is 33.3 Å². The summed E-state index contributed by atoms with van der Waals surface area (Å²) in [6.45, 7) is 0. The van der Waals surface area contributed by atoms with Gasteiger partial charge in [0.15, 0.2) is 0 Å². The number of benzene rings is 2. The van der Waals surface area contributed by atoms with Gasteiger partial charge in [-0.2, -0.15) is 5.26 Å². The highest BCUT2D eigenvalue weighted by Gasteiger charge is 2.09. The molecule has 6 heteroatoms. The van der Waals surface area contributed by atoms with Crippen molar-refractivity contribution in [3.63, 3.8) is 0 Å². The van der Waals surface area contributed by atoms with Crippen LogP contribution in [-0.4, -0.2) is 4.92 Å². The number of nitro benzene ring substituents is 1. The fourth-order valence-electron chi connectivity index (χ4n) is 2.28. The number of nitrogens with zero attached hydrogens (tertiary/aromatic N) is 2. The van der Waals surface area contributed by atoms with E-state index in [0.29, 0.717) is 22.7 Å². The van der Waals surface area contributed by atoms with Crippen LogP contribution in [-0.2, 0) is 0 Å². The van der Waals surface area contributed by atoms with Crippen molar-refractivity contribution in [3.8, 4) is 17.4 Å². The smallest absolute Gasteiger partial charge is 0.269 e. The maximum Gasteiger partial charge on any atom is 0.269 e. The first-order valence-corrected chi connectivity index (χ1v) is 8.08. The molecule has 122 valence electrons. The van der Waals surface area contributed by atoms with E-state index in [0.717, 1.165) is 10.0 Å². The predicted octanol–water partition coefficient (Wildman–Crippen LogP) is 5.68. The van der Waals surface area contributed by atoms with Crippen LogP contribution >= 0.6 is 15.9 Å². The van der Waals surface area contributed by atoms with E-state index >= 15 is 0 Å². The molecule has 1 aromatic heterocycles. The number of hydrogen-bond donors (Lipinski definition) is 0. The van der Waals surface area contributed by atoms with Crippen molar-refractivity contribution in [2.24, 2.45) is 0 Å². The summed E-state index contributed by atoms with van der Waals surface area (Å²) in [5, 5.41) is 20.1. The summed E-state index contributed by atoms with van der Waals surface area (Å²) in [5.41, 5.74) is 1.87. The Hall–Kier alpha value is -3.17. The van der Waals surface area contributed by atoms with Crippen LogP contribution in [0.5, 0.6) is 0 Å². The van der Waals surface area contributed by atoms with Gasteiger partial charge in [0.25, 0.3) is 5.69 Å². The molecule has 0 unspecified atom stereocenters. The first-order chi connectivity index (χ1) is 12.1. The van der Waals surface area contributed by atoms with E-state index in [9.17, 15) is 15.4 Å².